The second-order valence-corrected chi connectivity index (χ2v) is 7.96. The molecule has 0 saturated heterocycles. The highest BCUT2D eigenvalue weighted by atomic mass is 16.5. The Morgan fingerprint density at radius 3 is 2.45 bits per heavy atom. The number of imidazole rings is 1. The number of aromatic nitrogens is 2. The van der Waals surface area contributed by atoms with Gasteiger partial charge in [-0.25, -0.2) is 4.98 Å². The molecule has 0 bridgehead atoms. The van der Waals surface area contributed by atoms with Crippen molar-refractivity contribution in [3.63, 3.8) is 0 Å². The highest BCUT2D eigenvalue weighted by molar-refractivity contribution is 5.94. The van der Waals surface area contributed by atoms with Gasteiger partial charge in [0.15, 0.2) is 0 Å². The Balaban J connectivity index is 1.58. The van der Waals surface area contributed by atoms with Crippen LogP contribution in [0.2, 0.25) is 0 Å². The van der Waals surface area contributed by atoms with Crippen LogP contribution in [-0.2, 0) is 14.3 Å². The summed E-state index contributed by atoms with van der Waals surface area (Å²) in [5, 5.41) is 2.90. The van der Waals surface area contributed by atoms with Crippen LogP contribution in [0, 0.1) is 5.92 Å². The van der Waals surface area contributed by atoms with Crippen LogP contribution in [0.3, 0.4) is 0 Å². The molecular formula is C25H28N4O4. The van der Waals surface area contributed by atoms with Gasteiger partial charge in [-0.05, 0) is 37.1 Å². The van der Waals surface area contributed by atoms with E-state index in [0.717, 1.165) is 35.5 Å². The molecule has 0 unspecified atom stereocenters. The van der Waals surface area contributed by atoms with E-state index in [1.54, 1.807) is 19.1 Å². The molecule has 33 heavy (non-hydrogen) atoms. The fourth-order valence-corrected chi connectivity index (χ4v) is 3.55. The minimum Gasteiger partial charge on any atom is -0.497 e. The smallest absolute Gasteiger partial charge is 0.246 e. The van der Waals surface area contributed by atoms with E-state index in [1.807, 2.05) is 65.4 Å². The molecule has 1 heterocycles. The zero-order valence-electron chi connectivity index (χ0n) is 18.9. The van der Waals surface area contributed by atoms with E-state index in [4.69, 9.17) is 9.47 Å². The number of rotatable bonds is 10. The highest BCUT2D eigenvalue weighted by Gasteiger charge is 2.34. The first-order valence-electron chi connectivity index (χ1n) is 11.0. The number of hydrogen-bond acceptors (Lipinski definition) is 5. The van der Waals surface area contributed by atoms with Crippen molar-refractivity contribution in [2.45, 2.75) is 12.8 Å². The van der Waals surface area contributed by atoms with Crippen LogP contribution >= 0.6 is 0 Å². The van der Waals surface area contributed by atoms with Gasteiger partial charge in [0.1, 0.15) is 12.3 Å². The average Bonchev–Trinajstić information content (AvgIpc) is 3.62. The van der Waals surface area contributed by atoms with Gasteiger partial charge >= 0.3 is 0 Å². The molecule has 2 amide bonds. The summed E-state index contributed by atoms with van der Waals surface area (Å²) in [6.07, 6.45) is 3.64. The summed E-state index contributed by atoms with van der Waals surface area (Å²) in [4.78, 5) is 31.8. The van der Waals surface area contributed by atoms with Crippen molar-refractivity contribution in [3.05, 3.63) is 60.8 Å². The molecular weight excluding hydrogens is 420 g/mol. The van der Waals surface area contributed by atoms with E-state index in [2.05, 4.69) is 10.3 Å². The van der Waals surface area contributed by atoms with Gasteiger partial charge in [-0.3, -0.25) is 19.5 Å². The van der Waals surface area contributed by atoms with Crippen LogP contribution in [-0.4, -0.2) is 60.2 Å². The first-order valence-corrected chi connectivity index (χ1v) is 11.0. The van der Waals surface area contributed by atoms with Gasteiger partial charge < -0.3 is 14.4 Å². The number of anilines is 1. The predicted molar refractivity (Wildman–Crippen MR) is 125 cm³/mol. The minimum absolute atomic E-state index is 0.00525. The number of amides is 2. The molecule has 0 radical (unpaired) electrons. The second kappa shape index (κ2) is 10.3. The monoisotopic (exact) mass is 448 g/mol. The van der Waals surface area contributed by atoms with E-state index in [-0.39, 0.29) is 24.3 Å². The number of nitrogens with one attached hydrogen (secondary N) is 1. The number of carbonyl (C=O) groups excluding carboxylic acids is 2. The van der Waals surface area contributed by atoms with E-state index in [1.165, 1.54) is 0 Å². The highest BCUT2D eigenvalue weighted by Crippen LogP contribution is 2.31. The molecule has 0 spiro atoms. The maximum atomic E-state index is 12.9. The van der Waals surface area contributed by atoms with Gasteiger partial charge in [-0.2, -0.15) is 0 Å². The van der Waals surface area contributed by atoms with Gasteiger partial charge in [0.05, 0.1) is 19.4 Å². The number of ether oxygens (including phenoxy) is 2. The summed E-state index contributed by atoms with van der Waals surface area (Å²) >= 11 is 0. The van der Waals surface area contributed by atoms with Crippen LogP contribution in [0.1, 0.15) is 12.8 Å². The zero-order valence-corrected chi connectivity index (χ0v) is 18.9. The lowest BCUT2D eigenvalue weighted by atomic mass is 10.2. The lowest BCUT2D eigenvalue weighted by Gasteiger charge is -2.21. The van der Waals surface area contributed by atoms with Crippen LogP contribution in [0.15, 0.2) is 60.8 Å². The first kappa shape index (κ1) is 22.5. The molecule has 1 saturated carbocycles. The normalized spacial score (nSPS) is 12.9. The summed E-state index contributed by atoms with van der Waals surface area (Å²) in [6, 6.07) is 17.2. The van der Waals surface area contributed by atoms with E-state index < -0.39 is 0 Å². The topological polar surface area (TPSA) is 85.7 Å². The molecule has 8 heteroatoms. The van der Waals surface area contributed by atoms with Gasteiger partial charge in [-0.15, -0.1) is 0 Å². The Labute approximate surface area is 193 Å². The molecule has 0 aliphatic heterocycles. The number of benzene rings is 2. The lowest BCUT2D eigenvalue weighted by molar-refractivity contribution is -0.136. The van der Waals surface area contributed by atoms with Crippen molar-refractivity contribution < 1.29 is 19.1 Å². The quantitative estimate of drug-likeness (QED) is 0.514. The van der Waals surface area contributed by atoms with E-state index >= 15 is 0 Å². The molecule has 1 N–H and O–H groups in total. The SMILES string of the molecule is COCCN(CC(=O)Nc1nc(-c2ccccc2)cn1-c1ccc(OC)cc1)C(=O)C1CC1. The van der Waals surface area contributed by atoms with Gasteiger partial charge in [0, 0.05) is 37.0 Å². The lowest BCUT2D eigenvalue weighted by Crippen LogP contribution is -2.41. The van der Waals surface area contributed by atoms with Gasteiger partial charge in [0.2, 0.25) is 17.8 Å². The molecule has 8 nitrogen and oxygen atoms in total. The van der Waals surface area contributed by atoms with Crippen molar-refractivity contribution in [1.82, 2.24) is 14.5 Å². The molecule has 172 valence electrons. The first-order chi connectivity index (χ1) is 16.1. The molecule has 1 fully saturated rings. The summed E-state index contributed by atoms with van der Waals surface area (Å²) in [6.45, 7) is 0.709. The third-order valence-electron chi connectivity index (χ3n) is 5.52. The molecule has 1 aliphatic rings. The fourth-order valence-electron chi connectivity index (χ4n) is 3.55. The Morgan fingerprint density at radius 2 is 1.82 bits per heavy atom. The van der Waals surface area contributed by atoms with E-state index in [9.17, 15) is 9.59 Å². The standard InChI is InChI=1S/C25H28N4O4/c1-32-15-14-28(24(31)19-8-9-19)17-23(30)27-25-26-22(18-6-4-3-5-7-18)16-29(25)20-10-12-21(33-2)13-11-20/h3-7,10-13,16,19H,8-9,14-15,17H2,1-2H3,(H,26,27,30). The van der Waals surface area contributed by atoms with Gasteiger partial charge in [-0.1, -0.05) is 30.3 Å². The van der Waals surface area contributed by atoms with Crippen molar-refractivity contribution in [3.8, 4) is 22.7 Å². The summed E-state index contributed by atoms with van der Waals surface area (Å²) < 4.78 is 12.2. The summed E-state index contributed by atoms with van der Waals surface area (Å²) in [5.41, 5.74) is 2.49. The van der Waals surface area contributed by atoms with E-state index in [0.29, 0.717) is 19.1 Å². The van der Waals surface area contributed by atoms with Gasteiger partial charge in [0.25, 0.3) is 0 Å². The van der Waals surface area contributed by atoms with Crippen molar-refractivity contribution in [2.24, 2.45) is 5.92 Å². The largest absolute Gasteiger partial charge is 0.497 e. The summed E-state index contributed by atoms with van der Waals surface area (Å²) in [7, 11) is 3.19. The third kappa shape index (κ3) is 5.59. The van der Waals surface area contributed by atoms with Crippen molar-refractivity contribution in [2.75, 3.05) is 39.2 Å². The maximum Gasteiger partial charge on any atom is 0.246 e. The Morgan fingerprint density at radius 1 is 1.09 bits per heavy atom. The van der Waals surface area contributed by atoms with Crippen LogP contribution in [0.25, 0.3) is 16.9 Å². The predicted octanol–water partition coefficient (Wildman–Crippen LogP) is 3.37. The molecule has 2 aromatic carbocycles. The Bertz CT molecular complexity index is 1090. The summed E-state index contributed by atoms with van der Waals surface area (Å²) in [5.74, 6) is 0.848. The molecule has 1 aromatic heterocycles. The van der Waals surface area contributed by atoms with Crippen LogP contribution in [0.5, 0.6) is 5.75 Å². The van der Waals surface area contributed by atoms with Crippen molar-refractivity contribution >= 4 is 17.8 Å². The Kier molecular flexibility index (Phi) is 7.04. The molecule has 3 aromatic rings. The molecule has 4 rings (SSSR count). The zero-order chi connectivity index (χ0) is 23.2. The minimum atomic E-state index is -0.305. The average molecular weight is 449 g/mol. The molecule has 1 aliphatic carbocycles. The second-order valence-electron chi connectivity index (χ2n) is 7.96. The van der Waals surface area contributed by atoms with Crippen LogP contribution in [0.4, 0.5) is 5.95 Å². The number of carbonyl (C=O) groups is 2. The maximum absolute atomic E-state index is 12.9. The number of nitrogens with zero attached hydrogens (tertiary/aromatic N) is 3. The Hall–Kier alpha value is -3.65. The number of hydrogen-bond donors (Lipinski definition) is 1. The fraction of sp³-hybridized carbons (Fsp3) is 0.320. The van der Waals surface area contributed by atoms with Crippen LogP contribution < -0.4 is 10.1 Å². The number of methoxy groups -OCH3 is 2. The third-order valence-corrected chi connectivity index (χ3v) is 5.52. The van der Waals surface area contributed by atoms with Crippen molar-refractivity contribution in [1.29, 1.82) is 0 Å². The molecule has 0 atom stereocenters.